The van der Waals surface area contributed by atoms with Gasteiger partial charge in [-0.25, -0.2) is 4.98 Å². The molecule has 0 amide bonds. The van der Waals surface area contributed by atoms with Gasteiger partial charge >= 0.3 is 0 Å². The zero-order chi connectivity index (χ0) is 14.7. The van der Waals surface area contributed by atoms with Crippen molar-refractivity contribution in [3.63, 3.8) is 0 Å². The largest absolute Gasteiger partial charge is 0.395 e. The Hall–Kier alpha value is -2.17. The maximum atomic E-state index is 9.29. The van der Waals surface area contributed by atoms with Crippen LogP contribution in [0.15, 0.2) is 54.6 Å². The van der Waals surface area contributed by atoms with Crippen LogP contribution in [0.5, 0.6) is 0 Å². The molecule has 4 heteroatoms. The normalized spacial score (nSPS) is 12.7. The number of aromatic nitrogens is 2. The molecule has 4 nitrogen and oxygen atoms in total. The lowest BCUT2D eigenvalue weighted by Crippen LogP contribution is -2.17. The van der Waals surface area contributed by atoms with E-state index in [2.05, 4.69) is 9.55 Å². The predicted octanol–water partition coefficient (Wildman–Crippen LogP) is 2.27. The molecule has 3 rings (SSSR count). The SMILES string of the molecule is NC(Cc1nc2ccccc2n1CCO)c1ccccc1. The number of aliphatic hydroxyl groups is 1. The van der Waals surface area contributed by atoms with Gasteiger partial charge in [-0.2, -0.15) is 0 Å². The van der Waals surface area contributed by atoms with Gasteiger partial charge in [0.2, 0.25) is 0 Å². The van der Waals surface area contributed by atoms with E-state index in [0.717, 1.165) is 22.4 Å². The summed E-state index contributed by atoms with van der Waals surface area (Å²) < 4.78 is 2.05. The second-order valence-electron chi connectivity index (χ2n) is 5.11. The first-order valence-corrected chi connectivity index (χ1v) is 7.15. The molecule has 2 aromatic carbocycles. The molecule has 0 aliphatic rings. The van der Waals surface area contributed by atoms with Gasteiger partial charge in [0.05, 0.1) is 17.6 Å². The predicted molar refractivity (Wildman–Crippen MR) is 83.9 cm³/mol. The molecule has 0 radical (unpaired) electrons. The molecule has 0 saturated heterocycles. The van der Waals surface area contributed by atoms with Gasteiger partial charge < -0.3 is 15.4 Å². The Labute approximate surface area is 123 Å². The van der Waals surface area contributed by atoms with Gasteiger partial charge in [0.1, 0.15) is 5.82 Å². The van der Waals surface area contributed by atoms with E-state index in [1.165, 1.54) is 0 Å². The number of fused-ring (bicyclic) bond motifs is 1. The smallest absolute Gasteiger partial charge is 0.111 e. The fourth-order valence-corrected chi connectivity index (χ4v) is 2.65. The molecule has 1 atom stereocenters. The molecule has 3 aromatic rings. The standard InChI is InChI=1S/C17H19N3O/c18-14(13-6-2-1-3-7-13)12-17-19-15-8-4-5-9-16(15)20(17)10-11-21/h1-9,14,21H,10-12,18H2. The van der Waals surface area contributed by atoms with Gasteiger partial charge in [-0.1, -0.05) is 42.5 Å². The van der Waals surface area contributed by atoms with Crippen molar-refractivity contribution >= 4 is 11.0 Å². The molecule has 0 aliphatic heterocycles. The molecular weight excluding hydrogens is 262 g/mol. The Balaban J connectivity index is 1.94. The maximum absolute atomic E-state index is 9.29. The molecule has 21 heavy (non-hydrogen) atoms. The summed E-state index contributed by atoms with van der Waals surface area (Å²) in [7, 11) is 0. The van der Waals surface area contributed by atoms with E-state index < -0.39 is 0 Å². The molecule has 0 fully saturated rings. The van der Waals surface area contributed by atoms with Gasteiger partial charge in [0, 0.05) is 19.0 Å². The molecule has 0 saturated carbocycles. The lowest BCUT2D eigenvalue weighted by atomic mass is 10.0. The Morgan fingerprint density at radius 3 is 2.52 bits per heavy atom. The van der Waals surface area contributed by atoms with E-state index in [1.807, 2.05) is 54.6 Å². The van der Waals surface area contributed by atoms with E-state index in [0.29, 0.717) is 13.0 Å². The van der Waals surface area contributed by atoms with Crippen LogP contribution in [0, 0.1) is 0 Å². The Morgan fingerprint density at radius 2 is 1.76 bits per heavy atom. The van der Waals surface area contributed by atoms with Gasteiger partial charge in [-0.15, -0.1) is 0 Å². The van der Waals surface area contributed by atoms with Crippen molar-refractivity contribution in [1.29, 1.82) is 0 Å². The average Bonchev–Trinajstić information content (AvgIpc) is 2.86. The zero-order valence-corrected chi connectivity index (χ0v) is 11.8. The number of hydrogen-bond donors (Lipinski definition) is 2. The molecule has 3 N–H and O–H groups in total. The molecular formula is C17H19N3O. The highest BCUT2D eigenvalue weighted by Crippen LogP contribution is 2.20. The number of nitrogens with zero attached hydrogens (tertiary/aromatic N) is 2. The molecule has 0 bridgehead atoms. The van der Waals surface area contributed by atoms with E-state index in [1.54, 1.807) is 0 Å². The Kier molecular flexibility index (Phi) is 3.99. The number of imidazole rings is 1. The van der Waals surface area contributed by atoms with Crippen molar-refractivity contribution < 1.29 is 5.11 Å². The number of hydrogen-bond acceptors (Lipinski definition) is 3. The van der Waals surface area contributed by atoms with Crippen LogP contribution in [0.4, 0.5) is 0 Å². The summed E-state index contributed by atoms with van der Waals surface area (Å²) >= 11 is 0. The van der Waals surface area contributed by atoms with Crippen LogP contribution in [0.3, 0.4) is 0 Å². The van der Waals surface area contributed by atoms with Crippen molar-refractivity contribution in [3.05, 3.63) is 66.0 Å². The van der Waals surface area contributed by atoms with Crippen LogP contribution >= 0.6 is 0 Å². The number of para-hydroxylation sites is 2. The van der Waals surface area contributed by atoms with E-state index in [4.69, 9.17) is 5.73 Å². The minimum Gasteiger partial charge on any atom is -0.395 e. The first-order valence-electron chi connectivity index (χ1n) is 7.15. The minimum absolute atomic E-state index is 0.0912. The Morgan fingerprint density at radius 1 is 1.05 bits per heavy atom. The molecule has 1 aromatic heterocycles. The lowest BCUT2D eigenvalue weighted by molar-refractivity contribution is 0.275. The molecule has 1 unspecified atom stereocenters. The third-order valence-corrected chi connectivity index (χ3v) is 3.69. The first kappa shape index (κ1) is 13.8. The third-order valence-electron chi connectivity index (χ3n) is 3.69. The van der Waals surface area contributed by atoms with Crippen molar-refractivity contribution in [1.82, 2.24) is 9.55 Å². The summed E-state index contributed by atoms with van der Waals surface area (Å²) in [6, 6.07) is 17.9. The molecule has 0 aliphatic carbocycles. The summed E-state index contributed by atoms with van der Waals surface area (Å²) in [5.74, 6) is 0.918. The fraction of sp³-hybridized carbons (Fsp3) is 0.235. The summed E-state index contributed by atoms with van der Waals surface area (Å²) in [6.45, 7) is 0.630. The van der Waals surface area contributed by atoms with E-state index >= 15 is 0 Å². The van der Waals surface area contributed by atoms with Crippen LogP contribution in [0.1, 0.15) is 17.4 Å². The quantitative estimate of drug-likeness (QED) is 0.754. The van der Waals surface area contributed by atoms with Crippen LogP contribution in [-0.2, 0) is 13.0 Å². The monoisotopic (exact) mass is 281 g/mol. The zero-order valence-electron chi connectivity index (χ0n) is 11.8. The van der Waals surface area contributed by atoms with Crippen LogP contribution in [0.25, 0.3) is 11.0 Å². The highest BCUT2D eigenvalue weighted by Gasteiger charge is 2.14. The van der Waals surface area contributed by atoms with E-state index in [-0.39, 0.29) is 12.6 Å². The number of rotatable bonds is 5. The molecule has 1 heterocycles. The highest BCUT2D eigenvalue weighted by atomic mass is 16.3. The molecule has 108 valence electrons. The highest BCUT2D eigenvalue weighted by molar-refractivity contribution is 5.75. The van der Waals surface area contributed by atoms with Crippen molar-refractivity contribution in [3.8, 4) is 0 Å². The Bertz CT molecular complexity index is 721. The number of aliphatic hydroxyl groups excluding tert-OH is 1. The van der Waals surface area contributed by atoms with Crippen molar-refractivity contribution in [2.24, 2.45) is 5.73 Å². The second kappa shape index (κ2) is 6.08. The fourth-order valence-electron chi connectivity index (χ4n) is 2.65. The summed E-state index contributed by atoms with van der Waals surface area (Å²) in [4.78, 5) is 4.67. The third kappa shape index (κ3) is 2.82. The average molecular weight is 281 g/mol. The number of benzene rings is 2. The first-order chi connectivity index (χ1) is 10.3. The van der Waals surface area contributed by atoms with Crippen LogP contribution in [-0.4, -0.2) is 21.3 Å². The van der Waals surface area contributed by atoms with Gasteiger partial charge in [-0.05, 0) is 17.7 Å². The van der Waals surface area contributed by atoms with Crippen molar-refractivity contribution in [2.45, 2.75) is 19.0 Å². The topological polar surface area (TPSA) is 64.1 Å². The van der Waals surface area contributed by atoms with Crippen molar-refractivity contribution in [2.75, 3.05) is 6.61 Å². The lowest BCUT2D eigenvalue weighted by Gasteiger charge is -2.13. The van der Waals surface area contributed by atoms with Gasteiger partial charge in [-0.3, -0.25) is 0 Å². The maximum Gasteiger partial charge on any atom is 0.111 e. The summed E-state index contributed by atoms with van der Waals surface area (Å²) in [6.07, 6.45) is 0.651. The summed E-state index contributed by atoms with van der Waals surface area (Å²) in [5.41, 5.74) is 9.38. The van der Waals surface area contributed by atoms with Gasteiger partial charge in [0.25, 0.3) is 0 Å². The van der Waals surface area contributed by atoms with E-state index in [9.17, 15) is 5.11 Å². The second-order valence-corrected chi connectivity index (χ2v) is 5.11. The number of nitrogens with two attached hydrogens (primary N) is 1. The minimum atomic E-state index is -0.0968. The van der Waals surface area contributed by atoms with Gasteiger partial charge in [0.15, 0.2) is 0 Å². The van der Waals surface area contributed by atoms with Crippen LogP contribution in [0.2, 0.25) is 0 Å². The van der Waals surface area contributed by atoms with Crippen LogP contribution < -0.4 is 5.73 Å². The summed E-state index contributed by atoms with van der Waals surface area (Å²) in [5, 5.41) is 9.29. The molecule has 0 spiro atoms.